The van der Waals surface area contributed by atoms with Crippen LogP contribution in [0.4, 0.5) is 0 Å². The number of ketones is 1. The zero-order valence-corrected chi connectivity index (χ0v) is 21.2. The molecule has 4 rings (SSSR count). The molecule has 1 aliphatic carbocycles. The minimum atomic E-state index is -0.942. The lowest BCUT2D eigenvalue weighted by Gasteiger charge is -2.38. The van der Waals surface area contributed by atoms with Crippen LogP contribution in [0.15, 0.2) is 77.1 Å². The normalized spacial score (nSPS) is 21.6. The molecule has 1 heterocycles. The Morgan fingerprint density at radius 3 is 2.39 bits per heavy atom. The molecule has 1 N–H and O–H groups in total. The summed E-state index contributed by atoms with van der Waals surface area (Å²) in [6, 6.07) is 16.7. The van der Waals surface area contributed by atoms with E-state index in [9.17, 15) is 14.4 Å². The Labute approximate surface area is 211 Å². The summed E-state index contributed by atoms with van der Waals surface area (Å²) < 4.78 is 16.6. The highest BCUT2D eigenvalue weighted by Gasteiger charge is 2.47. The molecule has 2 aromatic rings. The van der Waals surface area contributed by atoms with Gasteiger partial charge in [0.1, 0.15) is 17.4 Å². The summed E-state index contributed by atoms with van der Waals surface area (Å²) in [5.74, 6) is -2.11. The van der Waals surface area contributed by atoms with Gasteiger partial charge in [-0.05, 0) is 62.9 Å². The maximum atomic E-state index is 13.8. The van der Waals surface area contributed by atoms with Gasteiger partial charge in [0.25, 0.3) is 0 Å². The number of carbonyl (C=O) groups is 3. The Balaban J connectivity index is 1.83. The number of para-hydroxylation sites is 1. The number of nitrogens with one attached hydrogen (secondary N) is 1. The second-order valence-electron chi connectivity index (χ2n) is 9.48. The lowest BCUT2D eigenvalue weighted by molar-refractivity contribution is -0.151. The standard InChI is InChI=1S/C29H31NO6/c1-16(2)35-29(33)24-18(4)30-22-14-17(3)23(28(32)34-5)27(31)26(22)25(24)19-10-9-13-21(15-19)36-20-11-7-6-8-12-20/h6-13,15-17,23,25,30H,14H2,1-5H3/t17-,23-,25-/m1/s1. The molecule has 188 valence electrons. The fraction of sp³-hybridized carbons (Fsp3) is 0.345. The van der Waals surface area contributed by atoms with Gasteiger partial charge < -0.3 is 19.5 Å². The predicted molar refractivity (Wildman–Crippen MR) is 134 cm³/mol. The number of hydrogen-bond acceptors (Lipinski definition) is 7. The number of carbonyl (C=O) groups excluding carboxylic acids is 3. The van der Waals surface area contributed by atoms with E-state index in [0.717, 1.165) is 0 Å². The number of dihydropyridines is 1. The summed E-state index contributed by atoms with van der Waals surface area (Å²) in [5.41, 5.74) is 2.76. The first-order chi connectivity index (χ1) is 17.2. The summed E-state index contributed by atoms with van der Waals surface area (Å²) in [5, 5.41) is 3.27. The molecule has 0 aromatic heterocycles. The third-order valence-electron chi connectivity index (χ3n) is 6.48. The van der Waals surface area contributed by atoms with Crippen molar-refractivity contribution in [3.05, 3.63) is 82.7 Å². The minimum Gasteiger partial charge on any atom is -0.468 e. The molecular formula is C29H31NO6. The first kappa shape index (κ1) is 25.2. The van der Waals surface area contributed by atoms with E-state index in [1.54, 1.807) is 20.8 Å². The highest BCUT2D eigenvalue weighted by atomic mass is 16.5. The van der Waals surface area contributed by atoms with E-state index in [-0.39, 0.29) is 17.8 Å². The van der Waals surface area contributed by atoms with E-state index in [1.165, 1.54) is 7.11 Å². The first-order valence-corrected chi connectivity index (χ1v) is 12.1. The molecule has 0 radical (unpaired) electrons. The smallest absolute Gasteiger partial charge is 0.337 e. The second-order valence-corrected chi connectivity index (χ2v) is 9.48. The van der Waals surface area contributed by atoms with Crippen molar-refractivity contribution in [2.45, 2.75) is 46.1 Å². The molecule has 0 bridgehead atoms. The summed E-state index contributed by atoms with van der Waals surface area (Å²) in [4.78, 5) is 39.7. The molecule has 0 fully saturated rings. The number of methoxy groups -OCH3 is 1. The SMILES string of the molecule is COC(=O)[C@H]1C(=O)C2=C(C[C@H]1C)NC(C)=C(C(=O)OC(C)C)[C@H]2c1cccc(Oc2ccccc2)c1. The Kier molecular flexibility index (Phi) is 7.29. The summed E-state index contributed by atoms with van der Waals surface area (Å²) >= 11 is 0. The topological polar surface area (TPSA) is 90.9 Å². The van der Waals surface area contributed by atoms with Crippen molar-refractivity contribution in [3.63, 3.8) is 0 Å². The Bertz CT molecular complexity index is 1240. The van der Waals surface area contributed by atoms with Crippen LogP contribution in [0.3, 0.4) is 0 Å². The summed E-state index contributed by atoms with van der Waals surface area (Å²) in [7, 11) is 1.28. The lowest BCUT2D eigenvalue weighted by atomic mass is 9.69. The van der Waals surface area contributed by atoms with Crippen molar-refractivity contribution in [1.29, 1.82) is 0 Å². The predicted octanol–water partition coefficient (Wildman–Crippen LogP) is 5.04. The Morgan fingerprint density at radius 2 is 1.72 bits per heavy atom. The van der Waals surface area contributed by atoms with Crippen molar-refractivity contribution in [1.82, 2.24) is 5.32 Å². The molecule has 0 saturated carbocycles. The highest BCUT2D eigenvalue weighted by molar-refractivity contribution is 6.12. The highest BCUT2D eigenvalue weighted by Crippen LogP contribution is 2.46. The molecular weight excluding hydrogens is 458 g/mol. The van der Waals surface area contributed by atoms with Crippen LogP contribution in [0.1, 0.15) is 45.6 Å². The summed E-state index contributed by atoms with van der Waals surface area (Å²) in [6.07, 6.45) is 0.132. The third-order valence-corrected chi connectivity index (χ3v) is 6.48. The van der Waals surface area contributed by atoms with Crippen molar-refractivity contribution in [3.8, 4) is 11.5 Å². The Hall–Kier alpha value is -3.87. The molecule has 0 unspecified atom stereocenters. The van der Waals surface area contributed by atoms with Crippen molar-refractivity contribution >= 4 is 17.7 Å². The number of allylic oxidation sites excluding steroid dienone is 3. The van der Waals surface area contributed by atoms with E-state index in [0.29, 0.717) is 46.0 Å². The van der Waals surface area contributed by atoms with Crippen molar-refractivity contribution < 1.29 is 28.6 Å². The number of Topliss-reactive ketones (excluding diaryl/α,β-unsaturated/α-hetero) is 1. The van der Waals surface area contributed by atoms with Gasteiger partial charge >= 0.3 is 11.9 Å². The van der Waals surface area contributed by atoms with Gasteiger partial charge in [0.15, 0.2) is 5.78 Å². The molecule has 7 heteroatoms. The molecule has 7 nitrogen and oxygen atoms in total. The van der Waals surface area contributed by atoms with Gasteiger partial charge in [-0.15, -0.1) is 0 Å². The van der Waals surface area contributed by atoms with Crippen LogP contribution >= 0.6 is 0 Å². The van der Waals surface area contributed by atoms with E-state index >= 15 is 0 Å². The summed E-state index contributed by atoms with van der Waals surface area (Å²) in [6.45, 7) is 7.22. The van der Waals surface area contributed by atoms with Crippen LogP contribution in [-0.2, 0) is 23.9 Å². The van der Waals surface area contributed by atoms with Crippen LogP contribution in [0.25, 0.3) is 0 Å². The zero-order valence-electron chi connectivity index (χ0n) is 21.2. The fourth-order valence-electron chi connectivity index (χ4n) is 4.94. The largest absolute Gasteiger partial charge is 0.468 e. The maximum Gasteiger partial charge on any atom is 0.337 e. The molecule has 0 spiro atoms. The van der Waals surface area contributed by atoms with Gasteiger partial charge in [0.2, 0.25) is 0 Å². The minimum absolute atomic E-state index is 0.249. The number of benzene rings is 2. The van der Waals surface area contributed by atoms with Crippen molar-refractivity contribution in [2.24, 2.45) is 11.8 Å². The molecule has 2 aliphatic rings. The van der Waals surface area contributed by atoms with Crippen LogP contribution in [0.2, 0.25) is 0 Å². The number of hydrogen-bond donors (Lipinski definition) is 1. The quantitative estimate of drug-likeness (QED) is 0.449. The second kappa shape index (κ2) is 10.4. The zero-order chi connectivity index (χ0) is 26.0. The first-order valence-electron chi connectivity index (χ1n) is 12.1. The number of esters is 2. The maximum absolute atomic E-state index is 13.8. The molecule has 36 heavy (non-hydrogen) atoms. The lowest BCUT2D eigenvalue weighted by Crippen LogP contribution is -2.43. The Morgan fingerprint density at radius 1 is 1.03 bits per heavy atom. The molecule has 0 amide bonds. The average molecular weight is 490 g/mol. The van der Waals surface area contributed by atoms with E-state index in [4.69, 9.17) is 14.2 Å². The number of ether oxygens (including phenoxy) is 3. The number of rotatable bonds is 6. The van der Waals surface area contributed by atoms with Crippen LogP contribution in [-0.4, -0.2) is 30.9 Å². The van der Waals surface area contributed by atoms with Gasteiger partial charge in [0, 0.05) is 22.9 Å². The molecule has 0 saturated heterocycles. The van der Waals surface area contributed by atoms with Gasteiger partial charge in [-0.25, -0.2) is 4.79 Å². The monoisotopic (exact) mass is 489 g/mol. The van der Waals surface area contributed by atoms with Gasteiger partial charge in [-0.1, -0.05) is 37.3 Å². The van der Waals surface area contributed by atoms with Gasteiger partial charge in [0.05, 0.1) is 18.8 Å². The molecule has 2 aromatic carbocycles. The van der Waals surface area contributed by atoms with E-state index in [1.807, 2.05) is 61.5 Å². The third kappa shape index (κ3) is 4.91. The van der Waals surface area contributed by atoms with E-state index in [2.05, 4.69) is 5.32 Å². The van der Waals surface area contributed by atoms with Gasteiger partial charge in [-0.2, -0.15) is 0 Å². The van der Waals surface area contributed by atoms with Crippen LogP contribution in [0, 0.1) is 11.8 Å². The van der Waals surface area contributed by atoms with Crippen LogP contribution < -0.4 is 10.1 Å². The van der Waals surface area contributed by atoms with Crippen LogP contribution in [0.5, 0.6) is 11.5 Å². The average Bonchev–Trinajstić information content (AvgIpc) is 2.83. The fourth-order valence-corrected chi connectivity index (χ4v) is 4.94. The van der Waals surface area contributed by atoms with E-state index < -0.39 is 23.8 Å². The van der Waals surface area contributed by atoms with Gasteiger partial charge in [-0.3, -0.25) is 9.59 Å². The molecule has 3 atom stereocenters. The van der Waals surface area contributed by atoms with Crippen molar-refractivity contribution in [2.75, 3.05) is 7.11 Å². The molecule has 1 aliphatic heterocycles.